The van der Waals surface area contributed by atoms with Crippen LogP contribution in [-0.4, -0.2) is 34.2 Å². The standard InChI is InChI=1S/C23H19F3N4OSe/c24-23(25,26)17-10-11-19-20(14-17)30-21(29(19)15-18-9-5-13-31-18)28-32-22(30)27-12-4-8-16-6-2-1-3-7-16/h1-3,5-7,9-11,13-14H,4,8,12,15H2. The second-order valence-corrected chi connectivity index (χ2v) is 8.97. The second kappa shape index (κ2) is 8.48. The van der Waals surface area contributed by atoms with Crippen LogP contribution >= 0.6 is 0 Å². The van der Waals surface area contributed by atoms with Gasteiger partial charge in [0.05, 0.1) is 0 Å². The Bertz CT molecular complexity index is 1410. The van der Waals surface area contributed by atoms with E-state index < -0.39 is 11.7 Å². The summed E-state index contributed by atoms with van der Waals surface area (Å²) in [7, 11) is 0. The van der Waals surface area contributed by atoms with Crippen LogP contribution in [0.15, 0.2) is 76.3 Å². The van der Waals surface area contributed by atoms with Crippen LogP contribution in [0.1, 0.15) is 23.3 Å². The van der Waals surface area contributed by atoms with Gasteiger partial charge in [0, 0.05) is 0 Å². The number of aromatic nitrogens is 3. The molecule has 2 aromatic carbocycles. The summed E-state index contributed by atoms with van der Waals surface area (Å²) in [6.45, 7) is 0.982. The number of benzene rings is 2. The minimum atomic E-state index is -4.42. The summed E-state index contributed by atoms with van der Waals surface area (Å²) >= 11 is -0.296. The van der Waals surface area contributed by atoms with E-state index in [-0.39, 0.29) is 14.7 Å². The molecular formula is C23H19F3N4OSe. The molecule has 0 aliphatic rings. The number of alkyl halides is 3. The first-order chi connectivity index (χ1) is 15.5. The Balaban J connectivity index is 1.56. The number of halogens is 3. The van der Waals surface area contributed by atoms with Gasteiger partial charge in [0.2, 0.25) is 0 Å². The van der Waals surface area contributed by atoms with Gasteiger partial charge in [0.1, 0.15) is 0 Å². The predicted octanol–water partition coefficient (Wildman–Crippen LogP) is 4.54. The van der Waals surface area contributed by atoms with E-state index in [0.29, 0.717) is 35.7 Å². The van der Waals surface area contributed by atoms with Crippen molar-refractivity contribution in [2.45, 2.75) is 25.6 Å². The van der Waals surface area contributed by atoms with Crippen molar-refractivity contribution < 1.29 is 17.6 Å². The second-order valence-electron chi connectivity index (χ2n) is 7.44. The van der Waals surface area contributed by atoms with Crippen molar-refractivity contribution in [1.82, 2.24) is 12.9 Å². The summed E-state index contributed by atoms with van der Waals surface area (Å²) in [5.41, 5.74) is 1.69. The van der Waals surface area contributed by atoms with Crippen LogP contribution in [0.25, 0.3) is 16.8 Å². The molecule has 5 nitrogen and oxygen atoms in total. The third-order valence-corrected chi connectivity index (χ3v) is 6.81. The van der Waals surface area contributed by atoms with Crippen molar-refractivity contribution in [3.05, 3.63) is 88.2 Å². The van der Waals surface area contributed by atoms with Gasteiger partial charge >= 0.3 is 187 Å². The van der Waals surface area contributed by atoms with Crippen molar-refractivity contribution in [3.63, 3.8) is 0 Å². The van der Waals surface area contributed by atoms with Crippen LogP contribution in [0.2, 0.25) is 0 Å². The molecule has 5 rings (SSSR count). The monoisotopic (exact) mass is 504 g/mol. The quantitative estimate of drug-likeness (QED) is 0.253. The first-order valence-corrected chi connectivity index (χ1v) is 11.8. The zero-order valence-electron chi connectivity index (χ0n) is 16.9. The molecule has 9 heteroatoms. The maximum atomic E-state index is 13.4. The van der Waals surface area contributed by atoms with Crippen molar-refractivity contribution in [1.29, 1.82) is 0 Å². The van der Waals surface area contributed by atoms with Gasteiger partial charge in [-0.2, -0.15) is 0 Å². The van der Waals surface area contributed by atoms with Gasteiger partial charge in [0.15, 0.2) is 0 Å². The molecule has 5 aromatic rings. The number of hydrogen-bond acceptors (Lipinski definition) is 3. The van der Waals surface area contributed by atoms with E-state index in [0.717, 1.165) is 23.3 Å². The Kier molecular flexibility index (Phi) is 5.53. The fraction of sp³-hybridized carbons (Fsp3) is 0.217. The molecule has 0 bridgehead atoms. The van der Waals surface area contributed by atoms with Crippen LogP contribution in [0.4, 0.5) is 13.2 Å². The summed E-state index contributed by atoms with van der Waals surface area (Å²) in [4.78, 5) is 4.73. The van der Waals surface area contributed by atoms with E-state index in [4.69, 9.17) is 9.41 Å². The topological polar surface area (TPSA) is 47.7 Å². The van der Waals surface area contributed by atoms with Gasteiger partial charge in [-0.15, -0.1) is 0 Å². The number of imidazole rings is 1. The molecule has 0 aliphatic heterocycles. The summed E-state index contributed by atoms with van der Waals surface area (Å²) < 4.78 is 54.7. The summed E-state index contributed by atoms with van der Waals surface area (Å²) in [6.07, 6.45) is -1.08. The number of hydrogen-bond donors (Lipinski definition) is 0. The Morgan fingerprint density at radius 1 is 1.00 bits per heavy atom. The molecule has 0 unspecified atom stereocenters. The Morgan fingerprint density at radius 2 is 1.84 bits per heavy atom. The summed E-state index contributed by atoms with van der Waals surface area (Å²) in [6, 6.07) is 17.6. The van der Waals surface area contributed by atoms with Crippen LogP contribution < -0.4 is 4.36 Å². The average Bonchev–Trinajstić information content (AvgIpc) is 3.50. The fourth-order valence-corrected chi connectivity index (χ4v) is 5.34. The van der Waals surface area contributed by atoms with Gasteiger partial charge in [-0.3, -0.25) is 0 Å². The molecule has 3 heterocycles. The molecule has 0 fully saturated rings. The minimum absolute atomic E-state index is 0.296. The van der Waals surface area contributed by atoms with Crippen LogP contribution in [-0.2, 0) is 19.1 Å². The van der Waals surface area contributed by atoms with Gasteiger partial charge in [-0.1, -0.05) is 0 Å². The molecule has 0 atom stereocenters. The molecule has 0 saturated heterocycles. The molecule has 164 valence electrons. The van der Waals surface area contributed by atoms with Crippen LogP contribution in [0.3, 0.4) is 0 Å². The average molecular weight is 503 g/mol. The summed E-state index contributed by atoms with van der Waals surface area (Å²) in [5, 5.41) is 0. The zero-order chi connectivity index (χ0) is 22.1. The van der Waals surface area contributed by atoms with Crippen molar-refractivity contribution in [3.8, 4) is 0 Å². The van der Waals surface area contributed by atoms with E-state index in [9.17, 15) is 13.2 Å². The molecule has 32 heavy (non-hydrogen) atoms. The molecule has 0 amide bonds. The van der Waals surface area contributed by atoms with Gasteiger partial charge < -0.3 is 0 Å². The Hall–Kier alpha value is -3.03. The first kappa shape index (κ1) is 20.8. The van der Waals surface area contributed by atoms with Crippen molar-refractivity contribution >= 4 is 31.5 Å². The predicted molar refractivity (Wildman–Crippen MR) is 116 cm³/mol. The maximum absolute atomic E-state index is 13.4. The number of fused-ring (bicyclic) bond motifs is 3. The molecule has 3 aromatic heterocycles. The third kappa shape index (κ3) is 4.06. The SMILES string of the molecule is FC(F)(F)c1ccc2c(c1)n1c(=NCCCc3ccccc3)[se]nc1n2Cc1ccco1. The fourth-order valence-electron chi connectivity index (χ4n) is 3.76. The van der Waals surface area contributed by atoms with Crippen LogP contribution in [0.5, 0.6) is 0 Å². The number of aryl methyl sites for hydroxylation is 1. The molecular weight excluding hydrogens is 484 g/mol. The van der Waals surface area contributed by atoms with Crippen LogP contribution in [0, 0.1) is 0 Å². The molecule has 0 radical (unpaired) electrons. The van der Waals surface area contributed by atoms with Gasteiger partial charge in [0.25, 0.3) is 0 Å². The van der Waals surface area contributed by atoms with E-state index in [1.807, 2.05) is 28.8 Å². The normalized spacial score (nSPS) is 12.9. The Morgan fingerprint density at radius 3 is 2.59 bits per heavy atom. The number of rotatable bonds is 6. The van der Waals surface area contributed by atoms with Gasteiger partial charge in [-0.25, -0.2) is 0 Å². The van der Waals surface area contributed by atoms with E-state index in [2.05, 4.69) is 16.1 Å². The van der Waals surface area contributed by atoms with E-state index in [1.54, 1.807) is 16.7 Å². The number of nitrogens with zero attached hydrogens (tertiary/aromatic N) is 4. The molecule has 0 N–H and O–H groups in total. The zero-order valence-corrected chi connectivity index (χ0v) is 18.6. The Labute approximate surface area is 187 Å². The van der Waals surface area contributed by atoms with E-state index in [1.165, 1.54) is 17.7 Å². The first-order valence-electron chi connectivity index (χ1n) is 10.2. The summed E-state index contributed by atoms with van der Waals surface area (Å²) in [5.74, 6) is 1.32. The third-order valence-electron chi connectivity index (χ3n) is 5.28. The molecule has 0 saturated carbocycles. The molecule has 0 aliphatic carbocycles. The number of furan rings is 1. The van der Waals surface area contributed by atoms with E-state index >= 15 is 0 Å². The molecule has 0 spiro atoms. The van der Waals surface area contributed by atoms with Crippen molar-refractivity contribution in [2.75, 3.05) is 6.54 Å². The van der Waals surface area contributed by atoms with Gasteiger partial charge in [-0.05, 0) is 0 Å². The van der Waals surface area contributed by atoms with Crippen molar-refractivity contribution in [2.24, 2.45) is 4.99 Å².